The second kappa shape index (κ2) is 9.13. The molecule has 5 rings (SSSR count). The van der Waals surface area contributed by atoms with Gasteiger partial charge in [0.15, 0.2) is 4.80 Å². The molecule has 7 nitrogen and oxygen atoms in total. The van der Waals surface area contributed by atoms with Crippen LogP contribution in [0.5, 0.6) is 0 Å². The lowest BCUT2D eigenvalue weighted by Crippen LogP contribution is -2.39. The summed E-state index contributed by atoms with van der Waals surface area (Å²) in [5.41, 5.74) is 3.55. The Hall–Kier alpha value is -3.75. The number of ether oxygens (including phenoxy) is 1. The molecule has 1 atom stereocenters. The van der Waals surface area contributed by atoms with E-state index in [4.69, 9.17) is 16.3 Å². The van der Waals surface area contributed by atoms with Crippen LogP contribution in [0.3, 0.4) is 0 Å². The number of nitrogens with zero attached hydrogens (tertiary/aromatic N) is 4. The summed E-state index contributed by atoms with van der Waals surface area (Å²) in [6.45, 7) is 3.60. The minimum Gasteiger partial charge on any atom is -0.466 e. The first kappa shape index (κ1) is 23.0. The van der Waals surface area contributed by atoms with Gasteiger partial charge in [0.1, 0.15) is 5.15 Å². The SMILES string of the molecule is COC(=O)C1=C(C)N=c2s/c(=C\c3c(C)nn(-c4ccccc4)c3Cl)c(=O)n2C1c1ccccc1. The van der Waals surface area contributed by atoms with Gasteiger partial charge in [0, 0.05) is 5.56 Å². The molecule has 35 heavy (non-hydrogen) atoms. The van der Waals surface area contributed by atoms with Crippen molar-refractivity contribution in [1.82, 2.24) is 14.3 Å². The van der Waals surface area contributed by atoms with Gasteiger partial charge in [-0.1, -0.05) is 71.5 Å². The van der Waals surface area contributed by atoms with Gasteiger partial charge < -0.3 is 4.74 Å². The largest absolute Gasteiger partial charge is 0.466 e. The van der Waals surface area contributed by atoms with Gasteiger partial charge in [-0.3, -0.25) is 9.36 Å². The fraction of sp³-hybridized carbons (Fsp3) is 0.154. The summed E-state index contributed by atoms with van der Waals surface area (Å²) in [6.07, 6.45) is 1.74. The highest BCUT2D eigenvalue weighted by molar-refractivity contribution is 7.07. The molecule has 9 heteroatoms. The summed E-state index contributed by atoms with van der Waals surface area (Å²) in [7, 11) is 1.32. The number of thiazole rings is 1. The Bertz CT molecular complexity index is 1650. The molecule has 0 fully saturated rings. The Morgan fingerprint density at radius 2 is 1.74 bits per heavy atom. The van der Waals surface area contributed by atoms with Crippen molar-refractivity contribution in [3.63, 3.8) is 0 Å². The van der Waals surface area contributed by atoms with Crippen molar-refractivity contribution >= 4 is 35.0 Å². The molecule has 3 heterocycles. The normalized spacial score (nSPS) is 15.7. The van der Waals surface area contributed by atoms with Crippen molar-refractivity contribution in [3.8, 4) is 5.69 Å². The van der Waals surface area contributed by atoms with Crippen molar-refractivity contribution < 1.29 is 9.53 Å². The lowest BCUT2D eigenvalue weighted by atomic mass is 9.96. The van der Waals surface area contributed by atoms with E-state index in [1.807, 2.05) is 67.6 Å². The third kappa shape index (κ3) is 3.94. The number of hydrogen-bond acceptors (Lipinski definition) is 6. The number of halogens is 1. The Labute approximate surface area is 209 Å². The molecule has 1 aliphatic rings. The van der Waals surface area contributed by atoms with Crippen LogP contribution in [-0.2, 0) is 9.53 Å². The van der Waals surface area contributed by atoms with Crippen LogP contribution in [0.1, 0.15) is 29.8 Å². The van der Waals surface area contributed by atoms with Gasteiger partial charge in [0.05, 0.1) is 40.3 Å². The Morgan fingerprint density at radius 3 is 2.40 bits per heavy atom. The average molecular weight is 505 g/mol. The lowest BCUT2D eigenvalue weighted by Gasteiger charge is -2.24. The second-order valence-corrected chi connectivity index (χ2v) is 9.39. The van der Waals surface area contributed by atoms with Crippen molar-refractivity contribution in [3.05, 3.63) is 114 Å². The van der Waals surface area contributed by atoms with Crippen LogP contribution in [0.15, 0.2) is 81.7 Å². The first-order chi connectivity index (χ1) is 16.9. The molecule has 0 bridgehead atoms. The van der Waals surface area contributed by atoms with E-state index in [0.29, 0.717) is 37.0 Å². The number of hydrogen-bond donors (Lipinski definition) is 0. The van der Waals surface area contributed by atoms with Crippen LogP contribution in [0.4, 0.5) is 0 Å². The summed E-state index contributed by atoms with van der Waals surface area (Å²) >= 11 is 7.95. The number of esters is 1. The topological polar surface area (TPSA) is 78.5 Å². The van der Waals surface area contributed by atoms with Gasteiger partial charge in [0.25, 0.3) is 5.56 Å². The third-order valence-corrected chi connectivity index (χ3v) is 7.21. The van der Waals surface area contributed by atoms with E-state index in [-0.39, 0.29) is 5.56 Å². The van der Waals surface area contributed by atoms with E-state index < -0.39 is 12.0 Å². The summed E-state index contributed by atoms with van der Waals surface area (Å²) in [5.74, 6) is -0.516. The number of benzene rings is 2. The first-order valence-corrected chi connectivity index (χ1v) is 12.1. The van der Waals surface area contributed by atoms with E-state index in [2.05, 4.69) is 10.1 Å². The van der Waals surface area contributed by atoms with Gasteiger partial charge >= 0.3 is 5.97 Å². The fourth-order valence-corrected chi connectivity index (χ4v) is 5.54. The molecule has 0 spiro atoms. The molecule has 0 N–H and O–H groups in total. The van der Waals surface area contributed by atoms with E-state index in [1.165, 1.54) is 18.4 Å². The maximum atomic E-state index is 13.7. The number of carbonyl (C=O) groups is 1. The van der Waals surface area contributed by atoms with Crippen LogP contribution >= 0.6 is 22.9 Å². The second-order valence-electron chi connectivity index (χ2n) is 8.02. The first-order valence-electron chi connectivity index (χ1n) is 10.9. The van der Waals surface area contributed by atoms with Gasteiger partial charge in [-0.05, 0) is 37.6 Å². The van der Waals surface area contributed by atoms with Crippen molar-refractivity contribution in [2.75, 3.05) is 7.11 Å². The Kier molecular flexibility index (Phi) is 6.00. The number of rotatable bonds is 4. The third-order valence-electron chi connectivity index (χ3n) is 5.87. The van der Waals surface area contributed by atoms with Crippen molar-refractivity contribution in [2.45, 2.75) is 19.9 Å². The molecule has 1 unspecified atom stereocenters. The van der Waals surface area contributed by atoms with Crippen LogP contribution < -0.4 is 14.9 Å². The van der Waals surface area contributed by atoms with E-state index in [9.17, 15) is 9.59 Å². The molecule has 0 saturated carbocycles. The highest BCUT2D eigenvalue weighted by atomic mass is 35.5. The number of fused-ring (bicyclic) bond motifs is 1. The summed E-state index contributed by atoms with van der Waals surface area (Å²) in [4.78, 5) is 31.5. The molecule has 0 amide bonds. The van der Waals surface area contributed by atoms with E-state index in [1.54, 1.807) is 22.2 Å². The lowest BCUT2D eigenvalue weighted by molar-refractivity contribution is -0.136. The predicted molar refractivity (Wildman–Crippen MR) is 136 cm³/mol. The molecule has 1 aliphatic heterocycles. The molecule has 4 aromatic rings. The zero-order valence-electron chi connectivity index (χ0n) is 19.2. The van der Waals surface area contributed by atoms with E-state index in [0.717, 1.165) is 11.3 Å². The smallest absolute Gasteiger partial charge is 0.338 e. The molecule has 2 aromatic heterocycles. The Balaban J connectivity index is 1.72. The molecule has 176 valence electrons. The highest BCUT2D eigenvalue weighted by Crippen LogP contribution is 2.30. The number of aromatic nitrogens is 3. The van der Waals surface area contributed by atoms with Crippen LogP contribution in [-0.4, -0.2) is 27.4 Å². The maximum Gasteiger partial charge on any atom is 0.338 e. The predicted octanol–water partition coefficient (Wildman–Crippen LogP) is 3.56. The van der Waals surface area contributed by atoms with Crippen LogP contribution in [0.25, 0.3) is 11.8 Å². The monoisotopic (exact) mass is 504 g/mol. The zero-order valence-corrected chi connectivity index (χ0v) is 20.8. The minimum atomic E-state index is -0.648. The summed E-state index contributed by atoms with van der Waals surface area (Å²) < 4.78 is 8.68. The molecular formula is C26H21ClN4O3S. The molecule has 0 saturated heterocycles. The molecule has 0 aliphatic carbocycles. The highest BCUT2D eigenvalue weighted by Gasteiger charge is 2.33. The van der Waals surface area contributed by atoms with Crippen molar-refractivity contribution in [1.29, 1.82) is 0 Å². The quantitative estimate of drug-likeness (QED) is 0.398. The summed E-state index contributed by atoms with van der Waals surface area (Å²) in [5, 5.41) is 4.97. The molecule has 2 aromatic carbocycles. The summed E-state index contributed by atoms with van der Waals surface area (Å²) in [6, 6.07) is 18.3. The molecular weight excluding hydrogens is 484 g/mol. The standard InChI is InChI=1S/C26H21ClN4O3S/c1-15-19(23(27)31(29-15)18-12-8-5-9-13-18)14-20-24(32)30-22(17-10-6-4-7-11-17)21(25(33)34-3)16(2)28-26(30)35-20/h4-14,22H,1-3H3/b20-14-. The van der Waals surface area contributed by atoms with Gasteiger partial charge in [-0.25, -0.2) is 14.5 Å². The van der Waals surface area contributed by atoms with Crippen molar-refractivity contribution in [2.24, 2.45) is 4.99 Å². The Morgan fingerprint density at radius 1 is 1.09 bits per heavy atom. The fourth-order valence-electron chi connectivity index (χ4n) is 4.19. The number of allylic oxidation sites excluding steroid dienone is 1. The molecule has 0 radical (unpaired) electrons. The van der Waals surface area contributed by atoms with Gasteiger partial charge in [-0.2, -0.15) is 5.10 Å². The number of para-hydroxylation sites is 1. The van der Waals surface area contributed by atoms with Gasteiger partial charge in [-0.15, -0.1) is 0 Å². The zero-order chi connectivity index (χ0) is 24.7. The van der Waals surface area contributed by atoms with Crippen LogP contribution in [0, 0.1) is 6.92 Å². The average Bonchev–Trinajstić information content (AvgIpc) is 3.34. The van der Waals surface area contributed by atoms with E-state index >= 15 is 0 Å². The maximum absolute atomic E-state index is 13.7. The number of aryl methyl sites for hydroxylation is 1. The number of carbonyl (C=O) groups excluding carboxylic acids is 1. The number of methoxy groups -OCH3 is 1. The van der Waals surface area contributed by atoms with Crippen LogP contribution in [0.2, 0.25) is 5.15 Å². The van der Waals surface area contributed by atoms with Gasteiger partial charge in [0.2, 0.25) is 0 Å². The minimum absolute atomic E-state index is 0.264.